The van der Waals surface area contributed by atoms with E-state index in [1.54, 1.807) is 7.11 Å². The molecule has 1 N–H and O–H groups in total. The first kappa shape index (κ1) is 21.1. The van der Waals surface area contributed by atoms with E-state index in [0.29, 0.717) is 0 Å². The van der Waals surface area contributed by atoms with E-state index in [4.69, 9.17) is 9.47 Å². The molecule has 2 aliphatic rings. The van der Waals surface area contributed by atoms with Crippen molar-refractivity contribution >= 4 is 11.6 Å². The molecule has 1 unspecified atom stereocenters. The van der Waals surface area contributed by atoms with Gasteiger partial charge < -0.3 is 19.7 Å². The van der Waals surface area contributed by atoms with E-state index in [-0.39, 0.29) is 5.91 Å². The lowest BCUT2D eigenvalue weighted by Gasteiger charge is -2.34. The third-order valence-electron chi connectivity index (χ3n) is 6.21. The number of nitrogens with one attached hydrogen (secondary N) is 1. The molecule has 1 saturated carbocycles. The van der Waals surface area contributed by atoms with Crippen molar-refractivity contribution in [3.05, 3.63) is 24.3 Å². The largest absolute Gasteiger partial charge is 0.494 e. The molecule has 1 amide bonds. The Labute approximate surface area is 169 Å². The fraction of sp³-hybridized carbons (Fsp3) is 0.696. The molecule has 1 aliphatic heterocycles. The molecule has 2 fully saturated rings. The van der Waals surface area contributed by atoms with Crippen molar-refractivity contribution in [2.24, 2.45) is 5.92 Å². The molecule has 156 valence electrons. The normalized spacial score (nSPS) is 22.6. The summed E-state index contributed by atoms with van der Waals surface area (Å²) in [5.41, 5.74) is 0.126. The van der Waals surface area contributed by atoms with Gasteiger partial charge in [0, 0.05) is 25.9 Å². The van der Waals surface area contributed by atoms with Gasteiger partial charge in [-0.05, 0) is 68.8 Å². The highest BCUT2D eigenvalue weighted by Crippen LogP contribution is 2.32. The van der Waals surface area contributed by atoms with Gasteiger partial charge in [-0.3, -0.25) is 4.79 Å². The van der Waals surface area contributed by atoms with Gasteiger partial charge in [0.05, 0.1) is 6.61 Å². The SMILES string of the molecule is COC1(C(=O)Nc2ccc(OCCCN3CCCC(C)C3)cc2)CCCCC1. The maximum absolute atomic E-state index is 12.7. The topological polar surface area (TPSA) is 50.8 Å². The van der Waals surface area contributed by atoms with Gasteiger partial charge in [0.1, 0.15) is 11.4 Å². The second-order valence-electron chi connectivity index (χ2n) is 8.49. The van der Waals surface area contributed by atoms with Crippen LogP contribution in [0, 0.1) is 5.92 Å². The molecule has 1 aliphatic carbocycles. The standard InChI is InChI=1S/C23H36N2O3/c1-19-8-6-15-25(18-19)16-7-17-28-21-11-9-20(10-12-21)24-22(26)23(27-2)13-4-3-5-14-23/h9-12,19H,3-8,13-18H2,1-2H3,(H,24,26). The van der Waals surface area contributed by atoms with E-state index < -0.39 is 5.60 Å². The third-order valence-corrected chi connectivity index (χ3v) is 6.21. The fourth-order valence-corrected chi connectivity index (χ4v) is 4.49. The lowest BCUT2D eigenvalue weighted by molar-refractivity contribution is -0.141. The number of methoxy groups -OCH3 is 1. The first-order chi connectivity index (χ1) is 13.6. The summed E-state index contributed by atoms with van der Waals surface area (Å²) in [5.74, 6) is 1.64. The number of piperidine rings is 1. The van der Waals surface area contributed by atoms with Crippen LogP contribution in [0.3, 0.4) is 0 Å². The number of hydrogen-bond acceptors (Lipinski definition) is 4. The van der Waals surface area contributed by atoms with Crippen LogP contribution >= 0.6 is 0 Å². The molecule has 0 spiro atoms. The van der Waals surface area contributed by atoms with Crippen LogP contribution in [0.15, 0.2) is 24.3 Å². The number of amides is 1. The zero-order valence-electron chi connectivity index (χ0n) is 17.5. The fourth-order valence-electron chi connectivity index (χ4n) is 4.49. The molecule has 28 heavy (non-hydrogen) atoms. The Bertz CT molecular complexity index is 611. The number of carbonyl (C=O) groups excluding carboxylic acids is 1. The van der Waals surface area contributed by atoms with Crippen LogP contribution in [0.1, 0.15) is 58.3 Å². The van der Waals surface area contributed by atoms with E-state index in [0.717, 1.165) is 62.6 Å². The maximum Gasteiger partial charge on any atom is 0.256 e. The van der Waals surface area contributed by atoms with Crippen molar-refractivity contribution in [1.82, 2.24) is 4.90 Å². The van der Waals surface area contributed by atoms with Crippen LogP contribution in [0.25, 0.3) is 0 Å². The zero-order valence-corrected chi connectivity index (χ0v) is 17.5. The summed E-state index contributed by atoms with van der Waals surface area (Å²) < 4.78 is 11.5. The van der Waals surface area contributed by atoms with E-state index >= 15 is 0 Å². The Balaban J connectivity index is 1.41. The van der Waals surface area contributed by atoms with Crippen molar-refractivity contribution in [3.63, 3.8) is 0 Å². The summed E-state index contributed by atoms with van der Waals surface area (Å²) in [4.78, 5) is 15.3. The number of anilines is 1. The summed E-state index contributed by atoms with van der Waals surface area (Å²) >= 11 is 0. The lowest BCUT2D eigenvalue weighted by atomic mass is 9.84. The lowest BCUT2D eigenvalue weighted by Crippen LogP contribution is -2.46. The van der Waals surface area contributed by atoms with Gasteiger partial charge in [-0.1, -0.05) is 26.2 Å². The average Bonchev–Trinajstić information content (AvgIpc) is 2.73. The number of hydrogen-bond donors (Lipinski definition) is 1. The number of rotatable bonds is 8. The first-order valence-corrected chi connectivity index (χ1v) is 10.9. The van der Waals surface area contributed by atoms with Crippen LogP contribution in [-0.2, 0) is 9.53 Å². The van der Waals surface area contributed by atoms with Gasteiger partial charge in [0.25, 0.3) is 5.91 Å². The van der Waals surface area contributed by atoms with Crippen molar-refractivity contribution in [3.8, 4) is 5.75 Å². The Morgan fingerprint density at radius 3 is 2.61 bits per heavy atom. The highest BCUT2D eigenvalue weighted by atomic mass is 16.5. The van der Waals surface area contributed by atoms with E-state index in [2.05, 4.69) is 17.1 Å². The molecule has 5 heteroatoms. The summed E-state index contributed by atoms with van der Waals surface area (Å²) in [6.07, 6.45) is 8.59. The van der Waals surface area contributed by atoms with Crippen molar-refractivity contribution in [2.75, 3.05) is 38.7 Å². The van der Waals surface area contributed by atoms with Crippen molar-refractivity contribution < 1.29 is 14.3 Å². The number of ether oxygens (including phenoxy) is 2. The Morgan fingerprint density at radius 2 is 1.93 bits per heavy atom. The number of carbonyl (C=O) groups is 1. The number of likely N-dealkylation sites (tertiary alicyclic amines) is 1. The van der Waals surface area contributed by atoms with E-state index in [1.807, 2.05) is 24.3 Å². The first-order valence-electron chi connectivity index (χ1n) is 10.9. The summed E-state index contributed by atoms with van der Waals surface area (Å²) in [5, 5.41) is 3.02. The number of benzene rings is 1. The van der Waals surface area contributed by atoms with Gasteiger partial charge in [-0.15, -0.1) is 0 Å². The molecule has 1 saturated heterocycles. The average molecular weight is 389 g/mol. The summed E-state index contributed by atoms with van der Waals surface area (Å²) in [7, 11) is 1.65. The predicted octanol–water partition coefficient (Wildman–Crippen LogP) is 4.48. The minimum absolute atomic E-state index is 0.0286. The van der Waals surface area contributed by atoms with Gasteiger partial charge in [0.2, 0.25) is 0 Å². The Morgan fingerprint density at radius 1 is 1.18 bits per heavy atom. The molecule has 1 aromatic rings. The minimum Gasteiger partial charge on any atom is -0.494 e. The molecule has 0 radical (unpaired) electrons. The minimum atomic E-state index is -0.667. The Kier molecular flexibility index (Phi) is 7.74. The molecular weight excluding hydrogens is 352 g/mol. The van der Waals surface area contributed by atoms with E-state index in [1.165, 1.54) is 32.4 Å². The second kappa shape index (κ2) is 10.3. The molecule has 1 atom stereocenters. The van der Waals surface area contributed by atoms with Crippen LogP contribution < -0.4 is 10.1 Å². The highest BCUT2D eigenvalue weighted by Gasteiger charge is 2.39. The third kappa shape index (κ3) is 5.71. The van der Waals surface area contributed by atoms with Crippen LogP contribution in [0.2, 0.25) is 0 Å². The van der Waals surface area contributed by atoms with Crippen molar-refractivity contribution in [1.29, 1.82) is 0 Å². The summed E-state index contributed by atoms with van der Waals surface area (Å²) in [6, 6.07) is 7.68. The van der Waals surface area contributed by atoms with Crippen LogP contribution in [0.5, 0.6) is 5.75 Å². The molecule has 1 aromatic carbocycles. The quantitative estimate of drug-likeness (QED) is 0.667. The highest BCUT2D eigenvalue weighted by molar-refractivity contribution is 5.97. The van der Waals surface area contributed by atoms with Crippen LogP contribution in [-0.4, -0.2) is 49.8 Å². The maximum atomic E-state index is 12.7. The zero-order chi connectivity index (χ0) is 19.8. The molecular formula is C23H36N2O3. The smallest absolute Gasteiger partial charge is 0.256 e. The predicted molar refractivity (Wildman–Crippen MR) is 113 cm³/mol. The molecule has 0 aromatic heterocycles. The Hall–Kier alpha value is -1.59. The van der Waals surface area contributed by atoms with Gasteiger partial charge >= 0.3 is 0 Å². The number of nitrogens with zero attached hydrogens (tertiary/aromatic N) is 1. The summed E-state index contributed by atoms with van der Waals surface area (Å²) in [6.45, 7) is 6.62. The molecule has 3 rings (SSSR count). The van der Waals surface area contributed by atoms with Gasteiger partial charge in [-0.2, -0.15) is 0 Å². The monoisotopic (exact) mass is 388 g/mol. The van der Waals surface area contributed by atoms with Gasteiger partial charge in [-0.25, -0.2) is 0 Å². The molecule has 1 heterocycles. The van der Waals surface area contributed by atoms with Crippen molar-refractivity contribution in [2.45, 2.75) is 63.9 Å². The molecule has 5 nitrogen and oxygen atoms in total. The van der Waals surface area contributed by atoms with E-state index in [9.17, 15) is 4.79 Å². The van der Waals surface area contributed by atoms with Gasteiger partial charge in [0.15, 0.2) is 0 Å². The second-order valence-corrected chi connectivity index (χ2v) is 8.49. The van der Waals surface area contributed by atoms with Crippen LogP contribution in [0.4, 0.5) is 5.69 Å². The molecule has 0 bridgehead atoms.